The molecule has 17 heavy (non-hydrogen) atoms. The van der Waals surface area contributed by atoms with Crippen LogP contribution in [0.3, 0.4) is 0 Å². The van der Waals surface area contributed by atoms with E-state index >= 15 is 0 Å². The monoisotopic (exact) mass is 248 g/mol. The first kappa shape index (κ1) is 13.9. The lowest BCUT2D eigenvalue weighted by molar-refractivity contribution is 0.278. The number of benzene rings is 2. The zero-order valence-electron chi connectivity index (χ0n) is 9.19. The topological polar surface area (TPSA) is 60.7 Å². The predicted octanol–water partition coefficient (Wildman–Crippen LogP) is 0.264. The Morgan fingerprint density at radius 1 is 0.647 bits per heavy atom. The highest BCUT2D eigenvalue weighted by Crippen LogP contribution is 2.08. The van der Waals surface area contributed by atoms with Gasteiger partial charge in [-0.25, -0.2) is 0 Å². The third-order valence-electron chi connectivity index (χ3n) is 1.84. The molecule has 0 aliphatic rings. The van der Waals surface area contributed by atoms with Crippen LogP contribution in [0.1, 0.15) is 0 Å². The van der Waals surface area contributed by atoms with Crippen LogP contribution >= 0.6 is 8.58 Å². The summed E-state index contributed by atoms with van der Waals surface area (Å²) in [5.41, 5.74) is 0. The van der Waals surface area contributed by atoms with Crippen molar-refractivity contribution < 1.29 is 15.1 Å². The van der Waals surface area contributed by atoms with Gasteiger partial charge in [0.2, 0.25) is 0 Å². The van der Waals surface area contributed by atoms with Crippen LogP contribution in [0.25, 0.3) is 0 Å². The third-order valence-corrected chi connectivity index (χ3v) is 3.08. The second-order valence-corrected chi connectivity index (χ2v) is 4.61. The Bertz CT molecular complexity index is 368. The van der Waals surface area contributed by atoms with Crippen molar-refractivity contribution in [2.24, 2.45) is 0 Å². The molecule has 0 amide bonds. The first-order valence-electron chi connectivity index (χ1n) is 5.10. The average molecular weight is 248 g/mol. The molecule has 0 aliphatic heterocycles. The van der Waals surface area contributed by atoms with Gasteiger partial charge in [-0.15, -0.1) is 0 Å². The van der Waals surface area contributed by atoms with Crippen molar-refractivity contribution >= 4 is 26.5 Å². The second-order valence-electron chi connectivity index (χ2n) is 3.20. The van der Waals surface area contributed by atoms with E-state index in [1.807, 2.05) is 0 Å². The molecule has 0 saturated heterocycles. The molecule has 0 radical (unpaired) electrons. The molecule has 3 N–H and O–H groups in total. The molecule has 2 aromatic rings. The van der Waals surface area contributed by atoms with Crippen LogP contribution in [-0.4, -0.2) is 22.4 Å². The minimum absolute atomic E-state index is 0.777. The number of hydrogen-bond acceptors (Lipinski definition) is 3. The van der Waals surface area contributed by atoms with Crippen molar-refractivity contribution in [2.75, 3.05) is 0 Å². The maximum Gasteiger partial charge on any atom is 0.631 e. The Kier molecular flexibility index (Phi) is 6.52. The van der Waals surface area contributed by atoms with Gasteiger partial charge in [0.15, 0.2) is 0 Å². The maximum absolute atomic E-state index is 7.17. The van der Waals surface area contributed by atoms with Crippen LogP contribution in [0.4, 0.5) is 0 Å². The Morgan fingerprint density at radius 2 is 0.941 bits per heavy atom. The van der Waals surface area contributed by atoms with E-state index in [0.29, 0.717) is 0 Å². The smallest absolute Gasteiger partial charge is 0.402 e. The lowest BCUT2D eigenvalue weighted by Gasteiger charge is -2.00. The average Bonchev–Trinajstić information content (AvgIpc) is 2.31. The van der Waals surface area contributed by atoms with Crippen molar-refractivity contribution in [2.45, 2.75) is 0 Å². The van der Waals surface area contributed by atoms with E-state index in [1.165, 1.54) is 10.6 Å². The van der Waals surface area contributed by atoms with E-state index in [9.17, 15) is 0 Å². The molecule has 0 aliphatic carbocycles. The largest absolute Gasteiger partial charge is 0.631 e. The van der Waals surface area contributed by atoms with Crippen LogP contribution in [0, 0.1) is 0 Å². The Hall–Kier alpha value is -1.19. The fourth-order valence-electron chi connectivity index (χ4n) is 1.21. The standard InChI is InChI=1S/C12H11P.BH3O3/c1-3-7-11(8-4-1)13-12-9-5-2-6-10-12;2-1(3)4/h1-10,13H;2-4H. The summed E-state index contributed by atoms with van der Waals surface area (Å²) in [6.07, 6.45) is 0. The summed E-state index contributed by atoms with van der Waals surface area (Å²) < 4.78 is 0. The van der Waals surface area contributed by atoms with Gasteiger partial charge in [0.1, 0.15) is 0 Å². The van der Waals surface area contributed by atoms with Crippen molar-refractivity contribution in [3.63, 3.8) is 0 Å². The van der Waals surface area contributed by atoms with Crippen molar-refractivity contribution in [3.05, 3.63) is 60.7 Å². The SMILES string of the molecule is OB(O)O.c1ccc(Pc2ccccc2)cc1. The Morgan fingerprint density at radius 3 is 1.24 bits per heavy atom. The molecular weight excluding hydrogens is 234 g/mol. The molecular formula is C12H14BO3P. The highest BCUT2D eigenvalue weighted by molar-refractivity contribution is 7.55. The molecule has 0 fully saturated rings. The molecule has 0 bridgehead atoms. The Balaban J connectivity index is 0.000000317. The maximum atomic E-state index is 7.17. The van der Waals surface area contributed by atoms with Gasteiger partial charge in [-0.3, -0.25) is 0 Å². The molecule has 0 aromatic heterocycles. The van der Waals surface area contributed by atoms with E-state index in [-0.39, 0.29) is 0 Å². The van der Waals surface area contributed by atoms with Gasteiger partial charge >= 0.3 is 7.32 Å². The lowest BCUT2D eigenvalue weighted by atomic mass is 10.3. The van der Waals surface area contributed by atoms with E-state index in [4.69, 9.17) is 15.1 Å². The molecule has 0 unspecified atom stereocenters. The molecule has 0 atom stereocenters. The second kappa shape index (κ2) is 7.99. The number of hydrogen-bond donors (Lipinski definition) is 3. The van der Waals surface area contributed by atoms with Gasteiger partial charge in [-0.1, -0.05) is 69.2 Å². The van der Waals surface area contributed by atoms with Crippen molar-refractivity contribution in [3.8, 4) is 0 Å². The van der Waals surface area contributed by atoms with E-state index in [0.717, 1.165) is 8.58 Å². The fraction of sp³-hybridized carbons (Fsp3) is 0. The molecule has 0 heterocycles. The van der Waals surface area contributed by atoms with Crippen molar-refractivity contribution in [1.82, 2.24) is 0 Å². The van der Waals surface area contributed by atoms with E-state index in [1.54, 1.807) is 0 Å². The highest BCUT2D eigenvalue weighted by atomic mass is 31.1. The molecule has 2 aromatic carbocycles. The van der Waals surface area contributed by atoms with Gasteiger partial charge in [0.05, 0.1) is 0 Å². The van der Waals surface area contributed by atoms with Gasteiger partial charge in [0.25, 0.3) is 0 Å². The van der Waals surface area contributed by atoms with Gasteiger partial charge in [-0.2, -0.15) is 0 Å². The molecule has 88 valence electrons. The summed E-state index contributed by atoms with van der Waals surface area (Å²) in [7, 11) is -1.39. The van der Waals surface area contributed by atoms with Crippen LogP contribution < -0.4 is 10.6 Å². The summed E-state index contributed by atoms with van der Waals surface area (Å²) in [4.78, 5) is 0. The summed E-state index contributed by atoms with van der Waals surface area (Å²) in [6.45, 7) is 0. The molecule has 5 heteroatoms. The summed E-state index contributed by atoms with van der Waals surface area (Å²) >= 11 is 0. The minimum Gasteiger partial charge on any atom is -0.402 e. The van der Waals surface area contributed by atoms with Gasteiger partial charge < -0.3 is 15.1 Å². The summed E-state index contributed by atoms with van der Waals surface area (Å²) in [5, 5.41) is 24.3. The first-order valence-corrected chi connectivity index (χ1v) is 6.10. The fourth-order valence-corrected chi connectivity index (χ4v) is 2.26. The minimum atomic E-state index is -2.17. The molecule has 3 nitrogen and oxygen atoms in total. The summed E-state index contributed by atoms with van der Waals surface area (Å²) in [5.74, 6) is 0. The zero-order chi connectivity index (χ0) is 12.5. The molecule has 2 rings (SSSR count). The Labute approximate surface area is 103 Å². The lowest BCUT2D eigenvalue weighted by Crippen LogP contribution is -2.07. The first-order chi connectivity index (χ1) is 8.18. The quantitative estimate of drug-likeness (QED) is 0.528. The van der Waals surface area contributed by atoms with E-state index < -0.39 is 7.32 Å². The van der Waals surface area contributed by atoms with Gasteiger partial charge in [0, 0.05) is 0 Å². The van der Waals surface area contributed by atoms with Gasteiger partial charge in [-0.05, 0) is 10.6 Å². The predicted molar refractivity (Wildman–Crippen MR) is 72.9 cm³/mol. The van der Waals surface area contributed by atoms with Crippen LogP contribution in [0.2, 0.25) is 0 Å². The van der Waals surface area contributed by atoms with Crippen LogP contribution in [0.15, 0.2) is 60.7 Å². The third kappa shape index (κ3) is 6.87. The molecule has 0 saturated carbocycles. The zero-order valence-corrected chi connectivity index (χ0v) is 10.2. The highest BCUT2D eigenvalue weighted by Gasteiger charge is 1.93. The van der Waals surface area contributed by atoms with Crippen LogP contribution in [-0.2, 0) is 0 Å². The number of rotatable bonds is 2. The van der Waals surface area contributed by atoms with E-state index in [2.05, 4.69) is 60.7 Å². The van der Waals surface area contributed by atoms with Crippen molar-refractivity contribution in [1.29, 1.82) is 0 Å². The molecule has 0 spiro atoms. The normalized spacial score (nSPS) is 9.12. The summed E-state index contributed by atoms with van der Waals surface area (Å²) in [6, 6.07) is 21.2. The van der Waals surface area contributed by atoms with Crippen LogP contribution in [0.5, 0.6) is 0 Å².